The summed E-state index contributed by atoms with van der Waals surface area (Å²) in [6.07, 6.45) is 1.19. The van der Waals surface area contributed by atoms with Gasteiger partial charge in [-0.15, -0.1) is 0 Å². The molecular formula is C17H17ClN6O3. The van der Waals surface area contributed by atoms with Gasteiger partial charge in [-0.2, -0.15) is 10.2 Å². The van der Waals surface area contributed by atoms with Crippen LogP contribution >= 0.6 is 11.6 Å². The molecule has 0 spiro atoms. The summed E-state index contributed by atoms with van der Waals surface area (Å²) in [4.78, 5) is 23.0. The third kappa shape index (κ3) is 3.82. The molecule has 1 amide bonds. The van der Waals surface area contributed by atoms with Crippen molar-refractivity contribution in [1.29, 1.82) is 0 Å². The molecule has 0 saturated carbocycles. The number of nitrogens with zero attached hydrogens (tertiary/aromatic N) is 5. The van der Waals surface area contributed by atoms with E-state index in [0.717, 1.165) is 11.3 Å². The fourth-order valence-electron chi connectivity index (χ4n) is 2.78. The molecule has 0 aliphatic carbocycles. The molecule has 2 aromatic heterocycles. The van der Waals surface area contributed by atoms with Crippen molar-refractivity contribution < 1.29 is 9.72 Å². The molecule has 3 aromatic rings. The summed E-state index contributed by atoms with van der Waals surface area (Å²) in [7, 11) is 1.52. The maximum Gasteiger partial charge on any atom is 0.320 e. The third-order valence-corrected chi connectivity index (χ3v) is 4.30. The minimum absolute atomic E-state index is 0.246. The zero-order valence-electron chi connectivity index (χ0n) is 14.9. The largest absolute Gasteiger partial charge is 0.320 e. The van der Waals surface area contributed by atoms with Crippen molar-refractivity contribution >= 4 is 28.9 Å². The van der Waals surface area contributed by atoms with Crippen LogP contribution in [0.1, 0.15) is 27.4 Å². The van der Waals surface area contributed by atoms with Crippen molar-refractivity contribution in [3.05, 3.63) is 68.2 Å². The fourth-order valence-corrected chi connectivity index (χ4v) is 3.00. The molecule has 0 fully saturated rings. The van der Waals surface area contributed by atoms with E-state index in [1.165, 1.54) is 17.9 Å². The Labute approximate surface area is 159 Å². The van der Waals surface area contributed by atoms with E-state index < -0.39 is 10.8 Å². The van der Waals surface area contributed by atoms with Crippen LogP contribution in [-0.2, 0) is 13.6 Å². The van der Waals surface area contributed by atoms with Gasteiger partial charge in [0, 0.05) is 12.1 Å². The highest BCUT2D eigenvalue weighted by molar-refractivity contribution is 6.30. The number of benzene rings is 1. The molecule has 1 aromatic carbocycles. The van der Waals surface area contributed by atoms with Gasteiger partial charge in [0.2, 0.25) is 5.69 Å². The monoisotopic (exact) mass is 388 g/mol. The molecule has 27 heavy (non-hydrogen) atoms. The summed E-state index contributed by atoms with van der Waals surface area (Å²) in [5, 5.41) is 22.8. The Hall–Kier alpha value is -3.20. The zero-order valence-corrected chi connectivity index (χ0v) is 15.7. The molecule has 1 N–H and O–H groups in total. The number of amides is 1. The first kappa shape index (κ1) is 18.6. The molecule has 10 heteroatoms. The van der Waals surface area contributed by atoms with Gasteiger partial charge in [-0.3, -0.25) is 24.3 Å². The molecule has 0 atom stereocenters. The minimum atomic E-state index is -0.657. The van der Waals surface area contributed by atoms with Gasteiger partial charge in [-0.1, -0.05) is 23.7 Å². The number of nitro groups is 1. The quantitative estimate of drug-likeness (QED) is 0.533. The maximum atomic E-state index is 12.5. The summed E-state index contributed by atoms with van der Waals surface area (Å²) in [5.74, 6) is -0.657. The lowest BCUT2D eigenvalue weighted by Crippen LogP contribution is -2.15. The number of aromatic nitrogens is 4. The van der Waals surface area contributed by atoms with Gasteiger partial charge in [0.25, 0.3) is 5.91 Å². The summed E-state index contributed by atoms with van der Waals surface area (Å²) in [5.41, 5.74) is 2.19. The van der Waals surface area contributed by atoms with Gasteiger partial charge in [0.15, 0.2) is 0 Å². The minimum Gasteiger partial charge on any atom is -0.317 e. The molecule has 0 saturated heterocycles. The smallest absolute Gasteiger partial charge is 0.317 e. The van der Waals surface area contributed by atoms with Crippen LogP contribution in [0.25, 0.3) is 0 Å². The van der Waals surface area contributed by atoms with Gasteiger partial charge in [0.05, 0.1) is 28.5 Å². The van der Waals surface area contributed by atoms with E-state index in [1.807, 2.05) is 25.1 Å². The molecule has 0 unspecified atom stereocenters. The van der Waals surface area contributed by atoms with E-state index in [0.29, 0.717) is 22.9 Å². The van der Waals surface area contributed by atoms with Crippen LogP contribution < -0.4 is 5.32 Å². The van der Waals surface area contributed by atoms with Crippen LogP contribution in [0, 0.1) is 24.0 Å². The summed E-state index contributed by atoms with van der Waals surface area (Å²) in [6, 6.07) is 7.41. The molecule has 0 aliphatic rings. The molecule has 9 nitrogen and oxygen atoms in total. The predicted molar refractivity (Wildman–Crippen MR) is 100 cm³/mol. The third-order valence-electron chi connectivity index (χ3n) is 4.06. The fraction of sp³-hybridized carbons (Fsp3) is 0.235. The Bertz CT molecular complexity index is 1040. The molecule has 0 bridgehead atoms. The van der Waals surface area contributed by atoms with E-state index in [-0.39, 0.29) is 11.4 Å². The SMILES string of the molecule is Cc1nn(Cc2cccc(Cl)c2)c(C)c1NC(=O)c1nn(C)cc1[N+](=O)[O-]. The van der Waals surface area contributed by atoms with Crippen LogP contribution in [0.4, 0.5) is 11.4 Å². The van der Waals surface area contributed by atoms with Crippen molar-refractivity contribution in [3.63, 3.8) is 0 Å². The number of carbonyl (C=O) groups is 1. The van der Waals surface area contributed by atoms with Crippen LogP contribution in [-0.4, -0.2) is 30.4 Å². The zero-order chi connectivity index (χ0) is 19.7. The van der Waals surface area contributed by atoms with E-state index in [9.17, 15) is 14.9 Å². The molecule has 0 radical (unpaired) electrons. The lowest BCUT2D eigenvalue weighted by molar-refractivity contribution is -0.385. The molecular weight excluding hydrogens is 372 g/mol. The topological polar surface area (TPSA) is 108 Å². The van der Waals surface area contributed by atoms with E-state index in [1.54, 1.807) is 17.7 Å². The van der Waals surface area contributed by atoms with Crippen molar-refractivity contribution in [3.8, 4) is 0 Å². The number of anilines is 1. The Morgan fingerprint density at radius 2 is 2.07 bits per heavy atom. The number of aryl methyl sites for hydroxylation is 2. The van der Waals surface area contributed by atoms with Crippen LogP contribution in [0.15, 0.2) is 30.5 Å². The molecule has 0 aliphatic heterocycles. The Kier molecular flexibility index (Phi) is 4.95. The van der Waals surface area contributed by atoms with E-state index in [2.05, 4.69) is 15.5 Å². The van der Waals surface area contributed by atoms with Crippen molar-refractivity contribution in [2.45, 2.75) is 20.4 Å². The van der Waals surface area contributed by atoms with Gasteiger partial charge >= 0.3 is 5.69 Å². The standard InChI is InChI=1S/C17H17ClN6O3/c1-10-15(19-17(25)16-14(24(26)27)9-22(3)21-16)11(2)23(20-10)8-12-5-4-6-13(18)7-12/h4-7,9H,8H2,1-3H3,(H,19,25). The summed E-state index contributed by atoms with van der Waals surface area (Å²) >= 11 is 6.02. The molecule has 2 heterocycles. The highest BCUT2D eigenvalue weighted by atomic mass is 35.5. The second kappa shape index (κ2) is 7.20. The van der Waals surface area contributed by atoms with Crippen molar-refractivity contribution in [2.75, 3.05) is 5.32 Å². The number of rotatable bonds is 5. The maximum absolute atomic E-state index is 12.5. The Morgan fingerprint density at radius 3 is 2.74 bits per heavy atom. The predicted octanol–water partition coefficient (Wildman–Crippen LogP) is 3.10. The number of carbonyl (C=O) groups excluding carboxylic acids is 1. The van der Waals surface area contributed by atoms with Gasteiger partial charge in [-0.25, -0.2) is 0 Å². The van der Waals surface area contributed by atoms with Crippen LogP contribution in [0.3, 0.4) is 0 Å². The average Bonchev–Trinajstić information content (AvgIpc) is 3.11. The van der Waals surface area contributed by atoms with Crippen molar-refractivity contribution in [1.82, 2.24) is 19.6 Å². The summed E-state index contributed by atoms with van der Waals surface area (Å²) in [6.45, 7) is 4.05. The first-order valence-corrected chi connectivity index (χ1v) is 8.42. The average molecular weight is 389 g/mol. The second-order valence-corrected chi connectivity index (χ2v) is 6.52. The number of halogens is 1. The van der Waals surface area contributed by atoms with E-state index >= 15 is 0 Å². The lowest BCUT2D eigenvalue weighted by Gasteiger charge is -2.07. The Morgan fingerprint density at radius 1 is 1.33 bits per heavy atom. The molecule has 140 valence electrons. The summed E-state index contributed by atoms with van der Waals surface area (Å²) < 4.78 is 2.97. The lowest BCUT2D eigenvalue weighted by atomic mass is 10.2. The van der Waals surface area contributed by atoms with Crippen LogP contribution in [0.5, 0.6) is 0 Å². The number of hydrogen-bond acceptors (Lipinski definition) is 5. The second-order valence-electron chi connectivity index (χ2n) is 6.08. The Balaban J connectivity index is 1.87. The number of nitrogens with one attached hydrogen (secondary N) is 1. The molecule has 3 rings (SSSR count). The normalized spacial score (nSPS) is 10.8. The van der Waals surface area contributed by atoms with Crippen molar-refractivity contribution in [2.24, 2.45) is 7.05 Å². The van der Waals surface area contributed by atoms with E-state index in [4.69, 9.17) is 11.6 Å². The first-order valence-electron chi connectivity index (χ1n) is 8.04. The van der Waals surface area contributed by atoms with Crippen LogP contribution in [0.2, 0.25) is 5.02 Å². The highest BCUT2D eigenvalue weighted by Gasteiger charge is 2.26. The highest BCUT2D eigenvalue weighted by Crippen LogP contribution is 2.24. The first-order chi connectivity index (χ1) is 12.8. The van der Waals surface area contributed by atoms with Gasteiger partial charge < -0.3 is 5.32 Å². The van der Waals surface area contributed by atoms with Gasteiger partial charge in [0.1, 0.15) is 6.20 Å². The van der Waals surface area contributed by atoms with Gasteiger partial charge in [-0.05, 0) is 31.5 Å². The number of hydrogen-bond donors (Lipinski definition) is 1.